The molecular formula is C54H79FN2O6. The highest BCUT2D eigenvalue weighted by molar-refractivity contribution is 6.07. The number of ketones is 1. The minimum absolute atomic E-state index is 0.0900. The molecule has 0 N–H and O–H groups in total. The number of amides is 1. The Balaban J connectivity index is 0.00000268. The zero-order valence-electron chi connectivity index (χ0n) is 40.0. The van der Waals surface area contributed by atoms with E-state index in [9.17, 15) is 18.8 Å². The second-order valence-electron chi connectivity index (χ2n) is 22.2. The molecule has 8 aliphatic rings. The molecule has 1 aromatic carbocycles. The molecule has 6 aliphatic carbocycles. The van der Waals surface area contributed by atoms with Crippen molar-refractivity contribution in [2.24, 2.45) is 69.5 Å². The number of allylic oxidation sites excluding steroid dienone is 1. The SMILES string of the molecule is CC.CC(C)C1=C2C3CCC4C(C)(CCC5C(C)C(OC(=O)C6CC(C(=O)OCc7ccccc7)C6C)CCC54C)C3CCC2(C(=O)N2CCCC2CN2CCC(F)CC2)CC1=O. The van der Waals surface area contributed by atoms with Gasteiger partial charge < -0.3 is 19.3 Å². The number of hydrogen-bond donors (Lipinski definition) is 0. The molecule has 1 amide bonds. The van der Waals surface area contributed by atoms with E-state index in [1.165, 1.54) is 5.57 Å². The Labute approximate surface area is 378 Å². The van der Waals surface area contributed by atoms with E-state index < -0.39 is 11.6 Å². The van der Waals surface area contributed by atoms with Crippen molar-refractivity contribution in [1.29, 1.82) is 0 Å². The maximum atomic E-state index is 15.2. The first-order chi connectivity index (χ1) is 30.2. The molecule has 0 radical (unpaired) electrons. The second-order valence-corrected chi connectivity index (χ2v) is 22.2. The highest BCUT2D eigenvalue weighted by Crippen LogP contribution is 2.72. The first kappa shape index (κ1) is 46.5. The number of nitrogens with zero attached hydrogens (tertiary/aromatic N) is 2. The van der Waals surface area contributed by atoms with Gasteiger partial charge in [-0.3, -0.25) is 19.2 Å². The number of halogens is 1. The van der Waals surface area contributed by atoms with Crippen LogP contribution in [0.15, 0.2) is 41.5 Å². The van der Waals surface area contributed by atoms with Crippen LogP contribution in [-0.4, -0.2) is 77.9 Å². The lowest BCUT2D eigenvalue weighted by Gasteiger charge is -2.67. The molecule has 1 aromatic rings. The lowest BCUT2D eigenvalue weighted by atomic mass is 9.38. The number of hydrogen-bond acceptors (Lipinski definition) is 7. The summed E-state index contributed by atoms with van der Waals surface area (Å²) in [6.45, 7) is 21.1. The van der Waals surface area contributed by atoms with Gasteiger partial charge in [0, 0.05) is 38.6 Å². The third-order valence-corrected chi connectivity index (χ3v) is 19.0. The summed E-state index contributed by atoms with van der Waals surface area (Å²) in [5.41, 5.74) is 2.69. The van der Waals surface area contributed by atoms with E-state index in [4.69, 9.17) is 9.47 Å². The Morgan fingerprint density at radius 1 is 0.810 bits per heavy atom. The zero-order chi connectivity index (χ0) is 45.0. The molecule has 5 saturated carbocycles. The maximum absolute atomic E-state index is 15.2. The molecule has 0 bridgehead atoms. The third kappa shape index (κ3) is 8.06. The van der Waals surface area contributed by atoms with Crippen LogP contribution in [0.4, 0.5) is 4.39 Å². The predicted molar refractivity (Wildman–Crippen MR) is 244 cm³/mol. The van der Waals surface area contributed by atoms with Gasteiger partial charge in [0.25, 0.3) is 0 Å². The number of carbonyl (C=O) groups excluding carboxylic acids is 4. The minimum Gasteiger partial charge on any atom is -0.462 e. The molecule has 348 valence electrons. The van der Waals surface area contributed by atoms with Crippen LogP contribution in [0, 0.1) is 69.5 Å². The normalized spacial score (nSPS) is 40.2. The van der Waals surface area contributed by atoms with Crippen molar-refractivity contribution in [3.05, 3.63) is 47.0 Å². The van der Waals surface area contributed by atoms with Crippen LogP contribution in [0.25, 0.3) is 0 Å². The van der Waals surface area contributed by atoms with Crippen molar-refractivity contribution < 1.29 is 33.0 Å². The van der Waals surface area contributed by atoms with E-state index in [0.717, 1.165) is 102 Å². The van der Waals surface area contributed by atoms with Crippen LogP contribution < -0.4 is 0 Å². The van der Waals surface area contributed by atoms with Crippen molar-refractivity contribution in [2.75, 3.05) is 26.2 Å². The Kier molecular flexibility index (Phi) is 13.5. The van der Waals surface area contributed by atoms with Crippen LogP contribution in [0.2, 0.25) is 0 Å². The molecule has 13 unspecified atom stereocenters. The summed E-state index contributed by atoms with van der Waals surface area (Å²) in [5, 5.41) is 0. The maximum Gasteiger partial charge on any atom is 0.309 e. The van der Waals surface area contributed by atoms with Crippen LogP contribution in [0.3, 0.4) is 0 Å². The van der Waals surface area contributed by atoms with Gasteiger partial charge in [0.2, 0.25) is 5.91 Å². The quantitative estimate of drug-likeness (QED) is 0.228. The van der Waals surface area contributed by atoms with Crippen LogP contribution in [0.5, 0.6) is 0 Å². The topological polar surface area (TPSA) is 93.2 Å². The first-order valence-corrected chi connectivity index (χ1v) is 25.5. The van der Waals surface area contributed by atoms with E-state index >= 15 is 4.79 Å². The van der Waals surface area contributed by atoms with E-state index in [1.807, 2.05) is 51.1 Å². The molecule has 0 spiro atoms. The highest BCUT2D eigenvalue weighted by atomic mass is 19.1. The van der Waals surface area contributed by atoms with Gasteiger partial charge in [-0.1, -0.05) is 85.7 Å². The van der Waals surface area contributed by atoms with Gasteiger partial charge in [0.1, 0.15) is 18.9 Å². The average molecular weight is 871 g/mol. The standard InChI is InChI=1S/C52H73FN2O6.C2H6/c1-31(2)45-42(56)28-52(49(59)55-24-10-13-36(55)29-54-25-19-35(53)20-26-54)23-17-41-37(46(45)52)14-15-44-50(5)22-18-43(33(4)40(50)16-21-51(41,44)6)61-48(58)39-27-38(32(39)3)47(57)60-30-34-11-8-7-9-12-34;1-2/h7-9,11-12,31-33,35-41,43-44H,10,13-30H2,1-6H3;1-2H3. The second kappa shape index (κ2) is 18.3. The fourth-order valence-corrected chi connectivity index (χ4v) is 15.7. The van der Waals surface area contributed by atoms with Crippen molar-refractivity contribution in [2.45, 2.75) is 170 Å². The molecule has 63 heavy (non-hydrogen) atoms. The molecule has 9 rings (SSSR count). The summed E-state index contributed by atoms with van der Waals surface area (Å²) in [6.07, 6.45) is 11.2. The number of ether oxygens (including phenoxy) is 2. The number of likely N-dealkylation sites (tertiary alicyclic amines) is 2. The molecule has 7 fully saturated rings. The summed E-state index contributed by atoms with van der Waals surface area (Å²) >= 11 is 0. The molecule has 2 saturated heterocycles. The third-order valence-electron chi connectivity index (χ3n) is 19.0. The molecule has 8 nitrogen and oxygen atoms in total. The number of rotatable bonds is 9. The predicted octanol–water partition coefficient (Wildman–Crippen LogP) is 10.6. The van der Waals surface area contributed by atoms with E-state index in [-0.39, 0.29) is 88.7 Å². The Morgan fingerprint density at radius 3 is 2.17 bits per heavy atom. The number of carbonyl (C=O) groups is 4. The first-order valence-electron chi connectivity index (χ1n) is 25.5. The van der Waals surface area contributed by atoms with E-state index in [2.05, 4.69) is 44.4 Å². The molecule has 9 heteroatoms. The number of fused-ring (bicyclic) bond motifs is 7. The minimum atomic E-state index is -0.715. The van der Waals surface area contributed by atoms with E-state index in [1.54, 1.807) is 0 Å². The number of alkyl halides is 1. The van der Waals surface area contributed by atoms with Gasteiger partial charge in [-0.05, 0) is 152 Å². The Morgan fingerprint density at radius 2 is 1.48 bits per heavy atom. The molecule has 2 heterocycles. The fraction of sp³-hybridized carbons (Fsp3) is 0.778. The van der Waals surface area contributed by atoms with Gasteiger partial charge in [-0.2, -0.15) is 0 Å². The number of benzene rings is 1. The zero-order valence-corrected chi connectivity index (χ0v) is 40.0. The van der Waals surface area contributed by atoms with Crippen LogP contribution in [-0.2, 0) is 35.3 Å². The van der Waals surface area contributed by atoms with Crippen molar-refractivity contribution in [3.63, 3.8) is 0 Å². The highest BCUT2D eigenvalue weighted by Gasteiger charge is 2.67. The number of Topliss-reactive ketones (excluding diaryl/α,β-unsaturated/α-hetero) is 1. The van der Waals surface area contributed by atoms with Crippen LogP contribution >= 0.6 is 0 Å². The Bertz CT molecular complexity index is 1890. The number of esters is 2. The summed E-state index contributed by atoms with van der Waals surface area (Å²) in [4.78, 5) is 60.6. The lowest BCUT2D eigenvalue weighted by Crippen LogP contribution is -2.61. The summed E-state index contributed by atoms with van der Waals surface area (Å²) < 4.78 is 26.1. The monoisotopic (exact) mass is 871 g/mol. The van der Waals surface area contributed by atoms with Gasteiger partial charge >= 0.3 is 11.9 Å². The van der Waals surface area contributed by atoms with Gasteiger partial charge in [-0.15, -0.1) is 0 Å². The number of piperidine rings is 1. The largest absolute Gasteiger partial charge is 0.462 e. The fourth-order valence-electron chi connectivity index (χ4n) is 15.7. The van der Waals surface area contributed by atoms with Gasteiger partial charge in [0.05, 0.1) is 17.3 Å². The summed E-state index contributed by atoms with van der Waals surface area (Å²) in [7, 11) is 0. The molecule has 13 atom stereocenters. The van der Waals surface area contributed by atoms with Crippen molar-refractivity contribution in [1.82, 2.24) is 9.80 Å². The van der Waals surface area contributed by atoms with Crippen molar-refractivity contribution >= 4 is 23.6 Å². The molecular weight excluding hydrogens is 792 g/mol. The van der Waals surface area contributed by atoms with E-state index in [0.29, 0.717) is 43.4 Å². The summed E-state index contributed by atoms with van der Waals surface area (Å²) in [5.74, 6) is 1.44. The summed E-state index contributed by atoms with van der Waals surface area (Å²) in [6, 6.07) is 9.84. The molecule has 0 aromatic heterocycles. The smallest absolute Gasteiger partial charge is 0.309 e. The van der Waals surface area contributed by atoms with Crippen molar-refractivity contribution in [3.8, 4) is 0 Å². The molecule has 2 aliphatic heterocycles. The Hall–Kier alpha value is -3.07. The van der Waals surface area contributed by atoms with Gasteiger partial charge in [-0.25, -0.2) is 4.39 Å². The lowest BCUT2D eigenvalue weighted by molar-refractivity contribution is -0.197. The van der Waals surface area contributed by atoms with Gasteiger partial charge in [0.15, 0.2) is 5.78 Å². The average Bonchev–Trinajstić information content (AvgIpc) is 3.86. The van der Waals surface area contributed by atoms with Crippen LogP contribution in [0.1, 0.15) is 151 Å².